The SMILES string of the molecule is [2H]O[C@@H](C[N+](C([2H])([2H])[2H])(C([2H])([2H])[2H])C([2H])([2H])[2H])C([2H])([2H])C(=O)O. The fourth-order valence-electron chi connectivity index (χ4n) is 0.432. The van der Waals surface area contributed by atoms with Crippen molar-refractivity contribution < 1.29 is 34.6 Å². The summed E-state index contributed by atoms with van der Waals surface area (Å²) in [5, 5.41) is 12.6. The minimum Gasteiger partial charge on any atom is -0.481 e. The zero-order chi connectivity index (χ0) is 19.1. The average molecular weight is 174 g/mol. The number of aliphatic hydroxyl groups excluding tert-OH is 1. The second kappa shape index (κ2) is 3.69. The Morgan fingerprint density at radius 3 is 2.82 bits per heavy atom. The van der Waals surface area contributed by atoms with Crippen molar-refractivity contribution in [3.8, 4) is 0 Å². The van der Waals surface area contributed by atoms with Crippen molar-refractivity contribution in [2.75, 3.05) is 27.5 Å². The lowest BCUT2D eigenvalue weighted by Gasteiger charge is -2.25. The number of rotatable bonds is 5. The van der Waals surface area contributed by atoms with Crippen molar-refractivity contribution in [3.63, 3.8) is 0 Å². The first kappa shape index (κ1) is 2.00. The van der Waals surface area contributed by atoms with Crippen LogP contribution in [-0.2, 0) is 4.79 Å². The normalized spacial score (nSPS) is 35.3. The lowest BCUT2D eigenvalue weighted by molar-refractivity contribution is -0.873. The van der Waals surface area contributed by atoms with E-state index in [9.17, 15) is 4.79 Å². The van der Waals surface area contributed by atoms with Crippen LogP contribution in [0.3, 0.4) is 0 Å². The van der Waals surface area contributed by atoms with Gasteiger partial charge in [-0.25, -0.2) is 0 Å². The van der Waals surface area contributed by atoms with E-state index in [0.717, 1.165) is 0 Å². The molecule has 0 spiro atoms. The third kappa shape index (κ3) is 7.29. The molecule has 0 heterocycles. The van der Waals surface area contributed by atoms with E-state index in [1.54, 1.807) is 0 Å². The number of carbonyl (C=O) groups is 1. The van der Waals surface area contributed by atoms with Gasteiger partial charge in [0.05, 0.1) is 39.6 Å². The number of quaternary nitrogens is 1. The van der Waals surface area contributed by atoms with E-state index in [-0.39, 0.29) is 0 Å². The maximum absolute atomic E-state index is 10.9. The topological polar surface area (TPSA) is 57.5 Å². The molecule has 0 aromatic rings. The molecule has 0 saturated heterocycles. The van der Waals surface area contributed by atoms with Gasteiger partial charge >= 0.3 is 5.97 Å². The van der Waals surface area contributed by atoms with Crippen LogP contribution in [0, 0.1) is 0 Å². The van der Waals surface area contributed by atoms with Crippen LogP contribution in [0.2, 0.25) is 0 Å². The first-order valence-electron chi connectivity index (χ1n) is 8.51. The Balaban J connectivity index is 6.36. The molecule has 4 heteroatoms. The number of hydrogen-bond donors (Lipinski definition) is 2. The molecule has 0 amide bonds. The summed E-state index contributed by atoms with van der Waals surface area (Å²) in [6.07, 6.45) is -5.84. The number of aliphatic hydroxyl groups is 1. The number of nitrogens with zero attached hydrogens (tertiary/aromatic N) is 1. The molecule has 2 N–H and O–H groups in total. The lowest BCUT2D eigenvalue weighted by atomic mass is 10.2. The summed E-state index contributed by atoms with van der Waals surface area (Å²) in [7, 11) is 0. The van der Waals surface area contributed by atoms with Crippen LogP contribution >= 0.6 is 0 Å². The van der Waals surface area contributed by atoms with E-state index >= 15 is 0 Å². The number of carboxylic acids is 1. The van der Waals surface area contributed by atoms with Crippen molar-refractivity contribution in [2.24, 2.45) is 0 Å². The smallest absolute Gasteiger partial charge is 0.306 e. The predicted molar refractivity (Wildman–Crippen MR) is 41.2 cm³/mol. The van der Waals surface area contributed by atoms with Crippen LogP contribution in [0.15, 0.2) is 0 Å². The van der Waals surface area contributed by atoms with Crippen molar-refractivity contribution in [1.82, 2.24) is 0 Å². The van der Waals surface area contributed by atoms with Crippen LogP contribution in [-0.4, -0.2) is 55.7 Å². The van der Waals surface area contributed by atoms with Crippen molar-refractivity contribution in [3.05, 3.63) is 0 Å². The molecule has 0 unspecified atom stereocenters. The van der Waals surface area contributed by atoms with Gasteiger partial charge in [0.15, 0.2) is 0 Å². The number of aliphatic carboxylic acids is 1. The largest absolute Gasteiger partial charge is 0.481 e. The summed E-state index contributed by atoms with van der Waals surface area (Å²) in [5.74, 6) is -2.16. The number of likely N-dealkylation sites (N-methyl/N-ethyl adjacent to an activating group) is 1. The highest BCUT2D eigenvalue weighted by molar-refractivity contribution is 5.67. The summed E-state index contributed by atoms with van der Waals surface area (Å²) >= 11 is 0. The predicted octanol–water partition coefficient (Wildman–Crippen LogP) is -0.472. The highest BCUT2D eigenvalue weighted by atomic mass is 16.4. The van der Waals surface area contributed by atoms with Gasteiger partial charge in [-0.3, -0.25) is 4.79 Å². The van der Waals surface area contributed by atoms with Gasteiger partial charge in [-0.2, -0.15) is 0 Å². The summed E-state index contributed by atoms with van der Waals surface area (Å²) in [5.41, 5.74) is 0. The molecule has 0 radical (unpaired) electrons. The van der Waals surface area contributed by atoms with E-state index in [4.69, 9.17) is 21.6 Å². The van der Waals surface area contributed by atoms with Crippen LogP contribution in [0.1, 0.15) is 21.5 Å². The Labute approximate surface area is 83.6 Å². The highest BCUT2D eigenvalue weighted by Gasteiger charge is 2.17. The van der Waals surface area contributed by atoms with Crippen molar-refractivity contribution in [2.45, 2.75) is 12.5 Å². The fraction of sp³-hybridized carbons (Fsp3) is 0.857. The van der Waals surface area contributed by atoms with Gasteiger partial charge in [0.1, 0.15) is 12.6 Å². The van der Waals surface area contributed by atoms with E-state index in [2.05, 4.69) is 5.11 Å². The third-order valence-electron chi connectivity index (χ3n) is 0.724. The molecule has 1 atom stereocenters. The highest BCUT2D eigenvalue weighted by Crippen LogP contribution is 1.98. The van der Waals surface area contributed by atoms with Gasteiger partial charge in [0.25, 0.3) is 0 Å². The lowest BCUT2D eigenvalue weighted by Crippen LogP contribution is -2.42. The van der Waals surface area contributed by atoms with Gasteiger partial charge in [0.2, 0.25) is 1.43 Å². The first-order chi connectivity index (χ1) is 9.86. The van der Waals surface area contributed by atoms with Crippen LogP contribution in [0.5, 0.6) is 0 Å². The van der Waals surface area contributed by atoms with Gasteiger partial charge in [-0.1, -0.05) is 0 Å². The van der Waals surface area contributed by atoms with Crippen molar-refractivity contribution in [1.29, 1.82) is 1.43 Å². The van der Waals surface area contributed by atoms with Crippen LogP contribution < -0.4 is 0 Å². The monoisotopic (exact) mass is 174 g/mol. The minimum absolute atomic E-state index is 1.60. The Morgan fingerprint density at radius 1 is 1.82 bits per heavy atom. The molecule has 0 aromatic carbocycles. The molecule has 0 aliphatic heterocycles. The Kier molecular flexibility index (Phi) is 0.671. The maximum atomic E-state index is 10.9. The summed E-state index contributed by atoms with van der Waals surface area (Å²) in [6.45, 7) is -12.7. The Bertz CT molecular complexity index is 401. The second-order valence-electron chi connectivity index (χ2n) is 1.93. The molecule has 66 valence electrons. The van der Waals surface area contributed by atoms with Gasteiger partial charge in [0, 0.05) is 2.74 Å². The number of hydrogen-bond acceptors (Lipinski definition) is 2. The maximum Gasteiger partial charge on any atom is 0.306 e. The van der Waals surface area contributed by atoms with Crippen LogP contribution in [0.4, 0.5) is 0 Å². The van der Waals surface area contributed by atoms with Gasteiger partial charge in [-0.15, -0.1) is 0 Å². The molecule has 4 nitrogen and oxygen atoms in total. The summed E-state index contributed by atoms with van der Waals surface area (Å²) in [6, 6.07) is 0. The molecule has 0 fully saturated rings. The van der Waals surface area contributed by atoms with Crippen molar-refractivity contribution >= 4 is 5.97 Å². The molecule has 0 rings (SSSR count). The molecule has 0 aliphatic carbocycles. The minimum atomic E-state index is -3.69. The summed E-state index contributed by atoms with van der Waals surface area (Å²) < 4.78 is 84.7. The summed E-state index contributed by atoms with van der Waals surface area (Å²) in [4.78, 5) is 10.9. The quantitative estimate of drug-likeness (QED) is 0.554. The zero-order valence-electron chi connectivity index (χ0n) is 17.5. The molecule has 0 aliphatic rings. The Morgan fingerprint density at radius 2 is 2.45 bits per heavy atom. The van der Waals surface area contributed by atoms with E-state index in [0.29, 0.717) is 0 Å². The van der Waals surface area contributed by atoms with Crippen LogP contribution in [0.25, 0.3) is 0 Å². The van der Waals surface area contributed by atoms with Gasteiger partial charge in [-0.05, 0) is 0 Å². The van der Waals surface area contributed by atoms with E-state index < -0.39 is 50.4 Å². The molecule has 11 heavy (non-hydrogen) atoms. The molecule has 0 bridgehead atoms. The molecular weight excluding hydrogens is 146 g/mol. The Hall–Kier alpha value is -0.610. The molecular formula is C7H16NO3+. The average Bonchev–Trinajstić information content (AvgIpc) is 2.23. The zero-order valence-corrected chi connectivity index (χ0v) is 5.50. The third-order valence-corrected chi connectivity index (χ3v) is 0.724. The molecule has 0 aromatic heterocycles. The fourth-order valence-corrected chi connectivity index (χ4v) is 0.432. The first-order valence-corrected chi connectivity index (χ1v) is 2.60. The van der Waals surface area contributed by atoms with E-state index in [1.807, 2.05) is 0 Å². The van der Waals surface area contributed by atoms with Gasteiger partial charge < -0.3 is 14.7 Å². The van der Waals surface area contributed by atoms with E-state index in [1.165, 1.54) is 0 Å². The standard InChI is InChI=1S/C7H15NO3/c1-8(2,3)5-6(9)4-7(10)11/h6,9H,4-5H2,1-3H3/p+1/t6-/m1/s1/i1D3,2D3,3D3,4D2,9D. The number of carboxylic acid groups (broad SMARTS) is 1. The second-order valence-corrected chi connectivity index (χ2v) is 1.93. The molecule has 0 saturated carbocycles.